The van der Waals surface area contributed by atoms with E-state index in [9.17, 15) is 4.79 Å². The Morgan fingerprint density at radius 1 is 1.07 bits per heavy atom. The van der Waals surface area contributed by atoms with E-state index in [0.29, 0.717) is 34.8 Å². The number of amides is 1. The van der Waals surface area contributed by atoms with Crippen molar-refractivity contribution in [1.29, 1.82) is 0 Å². The highest BCUT2D eigenvalue weighted by Gasteiger charge is 2.19. The lowest BCUT2D eigenvalue weighted by Crippen LogP contribution is -2.31. The van der Waals surface area contributed by atoms with Gasteiger partial charge in [0.25, 0.3) is 0 Å². The molecule has 3 heterocycles. The van der Waals surface area contributed by atoms with Crippen molar-refractivity contribution >= 4 is 29.3 Å². The number of aromatic nitrogens is 3. The molecule has 0 atom stereocenters. The minimum absolute atomic E-state index is 0.0663. The number of nitrogens with zero attached hydrogens (tertiary/aromatic N) is 4. The van der Waals surface area contributed by atoms with Crippen molar-refractivity contribution in [3.63, 3.8) is 0 Å². The lowest BCUT2D eigenvalue weighted by Gasteiger charge is -2.20. The third kappa shape index (κ3) is 4.90. The van der Waals surface area contributed by atoms with Gasteiger partial charge in [-0.15, -0.1) is 10.2 Å². The first-order valence-electron chi connectivity index (χ1n) is 8.80. The number of thioether (sulfide) groups is 1. The molecular formula is C20H17ClN4O3S. The van der Waals surface area contributed by atoms with Crippen LogP contribution in [0.4, 0.5) is 0 Å². The fraction of sp³-hybridized carbons (Fsp3) is 0.150. The lowest BCUT2D eigenvalue weighted by atomic mass is 10.3. The summed E-state index contributed by atoms with van der Waals surface area (Å²) >= 11 is 7.39. The van der Waals surface area contributed by atoms with Crippen molar-refractivity contribution in [1.82, 2.24) is 19.7 Å². The highest BCUT2D eigenvalue weighted by atomic mass is 35.5. The molecule has 4 rings (SSSR count). The number of carbonyl (C=O) groups is 1. The molecule has 0 aliphatic carbocycles. The molecule has 1 amide bonds. The van der Waals surface area contributed by atoms with E-state index in [2.05, 4.69) is 10.2 Å². The Kier molecular flexibility index (Phi) is 6.02. The van der Waals surface area contributed by atoms with Gasteiger partial charge in [-0.1, -0.05) is 29.4 Å². The first-order valence-corrected chi connectivity index (χ1v) is 10.2. The van der Waals surface area contributed by atoms with Gasteiger partial charge in [0.2, 0.25) is 5.91 Å². The van der Waals surface area contributed by atoms with Gasteiger partial charge in [-0.05, 0) is 42.5 Å². The Morgan fingerprint density at radius 2 is 1.79 bits per heavy atom. The maximum atomic E-state index is 12.9. The molecule has 29 heavy (non-hydrogen) atoms. The van der Waals surface area contributed by atoms with Gasteiger partial charge < -0.3 is 13.7 Å². The third-order valence-electron chi connectivity index (χ3n) is 4.13. The fourth-order valence-electron chi connectivity index (χ4n) is 2.76. The average Bonchev–Trinajstić information content (AvgIpc) is 3.48. The van der Waals surface area contributed by atoms with Crippen LogP contribution in [-0.4, -0.2) is 31.3 Å². The predicted molar refractivity (Wildman–Crippen MR) is 109 cm³/mol. The number of rotatable bonds is 8. The zero-order chi connectivity index (χ0) is 20.1. The average molecular weight is 429 g/mol. The molecule has 148 valence electrons. The summed E-state index contributed by atoms with van der Waals surface area (Å²) < 4.78 is 12.6. The quantitative estimate of drug-likeness (QED) is 0.386. The summed E-state index contributed by atoms with van der Waals surface area (Å²) in [6, 6.07) is 14.6. The number of carbonyl (C=O) groups excluding carboxylic acids is 1. The molecule has 4 aromatic rings. The van der Waals surface area contributed by atoms with Crippen LogP contribution in [0.1, 0.15) is 11.5 Å². The zero-order valence-corrected chi connectivity index (χ0v) is 16.8. The van der Waals surface area contributed by atoms with Gasteiger partial charge in [-0.25, -0.2) is 0 Å². The monoisotopic (exact) mass is 428 g/mol. The highest BCUT2D eigenvalue weighted by Crippen LogP contribution is 2.22. The van der Waals surface area contributed by atoms with Gasteiger partial charge in [0, 0.05) is 5.02 Å². The molecule has 3 aromatic heterocycles. The van der Waals surface area contributed by atoms with Crippen molar-refractivity contribution < 1.29 is 13.6 Å². The molecule has 0 bridgehead atoms. The van der Waals surface area contributed by atoms with Crippen LogP contribution in [0.5, 0.6) is 0 Å². The second-order valence-corrected chi connectivity index (χ2v) is 7.54. The second kappa shape index (κ2) is 9.02. The van der Waals surface area contributed by atoms with Gasteiger partial charge >= 0.3 is 0 Å². The molecule has 0 fully saturated rings. The Bertz CT molecular complexity index is 1030. The molecule has 0 radical (unpaired) electrons. The Hall–Kier alpha value is -2.97. The molecule has 9 heteroatoms. The molecule has 0 aliphatic rings. The molecule has 0 unspecified atom stereocenters. The van der Waals surface area contributed by atoms with Crippen LogP contribution >= 0.6 is 23.4 Å². The van der Waals surface area contributed by atoms with Crippen LogP contribution in [-0.2, 0) is 17.9 Å². The van der Waals surface area contributed by atoms with E-state index in [4.69, 9.17) is 20.4 Å². The van der Waals surface area contributed by atoms with E-state index in [1.165, 1.54) is 11.8 Å². The van der Waals surface area contributed by atoms with E-state index < -0.39 is 0 Å². The lowest BCUT2D eigenvalue weighted by molar-refractivity contribution is -0.130. The summed E-state index contributed by atoms with van der Waals surface area (Å²) in [4.78, 5) is 14.6. The molecule has 0 saturated carbocycles. The third-order valence-corrected chi connectivity index (χ3v) is 5.30. The van der Waals surface area contributed by atoms with Crippen LogP contribution in [0.25, 0.3) is 5.69 Å². The number of furan rings is 2. The van der Waals surface area contributed by atoms with Crippen molar-refractivity contribution in [2.24, 2.45) is 0 Å². The Balaban J connectivity index is 1.46. The Morgan fingerprint density at radius 3 is 2.41 bits per heavy atom. The summed E-state index contributed by atoms with van der Waals surface area (Å²) in [5.74, 6) is 1.54. The number of benzene rings is 1. The molecule has 0 saturated heterocycles. The smallest absolute Gasteiger partial charge is 0.233 e. The first-order chi connectivity index (χ1) is 14.2. The fourth-order valence-corrected chi connectivity index (χ4v) is 3.77. The van der Waals surface area contributed by atoms with Gasteiger partial charge in [0.05, 0.1) is 37.1 Å². The number of hydrogen-bond donors (Lipinski definition) is 0. The van der Waals surface area contributed by atoms with Crippen LogP contribution in [0.2, 0.25) is 5.02 Å². The normalized spacial score (nSPS) is 10.9. The molecule has 0 aliphatic heterocycles. The summed E-state index contributed by atoms with van der Waals surface area (Å²) in [5, 5.41) is 9.32. The summed E-state index contributed by atoms with van der Waals surface area (Å²) in [6.45, 7) is 0.710. The van der Waals surface area contributed by atoms with Crippen molar-refractivity contribution in [2.75, 3.05) is 5.75 Å². The topological polar surface area (TPSA) is 77.3 Å². The SMILES string of the molecule is O=C(CSc1nncn1-c1cccc(Cl)c1)N(Cc1ccco1)Cc1ccco1. The number of hydrogen-bond acceptors (Lipinski definition) is 6. The van der Waals surface area contributed by atoms with Crippen molar-refractivity contribution in [2.45, 2.75) is 18.2 Å². The van der Waals surface area contributed by atoms with E-state index >= 15 is 0 Å². The van der Waals surface area contributed by atoms with Gasteiger partial charge in [0.15, 0.2) is 5.16 Å². The van der Waals surface area contributed by atoms with E-state index in [1.807, 2.05) is 30.3 Å². The van der Waals surface area contributed by atoms with Crippen molar-refractivity contribution in [3.8, 4) is 5.69 Å². The molecule has 7 nitrogen and oxygen atoms in total. The zero-order valence-electron chi connectivity index (χ0n) is 15.3. The Labute approximate surface area is 176 Å². The summed E-state index contributed by atoms with van der Waals surface area (Å²) in [5.41, 5.74) is 0.834. The van der Waals surface area contributed by atoms with E-state index in [-0.39, 0.29) is 11.7 Å². The van der Waals surface area contributed by atoms with Gasteiger partial charge in [-0.2, -0.15) is 0 Å². The first kappa shape index (κ1) is 19.4. The second-order valence-electron chi connectivity index (χ2n) is 6.16. The molecular weight excluding hydrogens is 412 g/mol. The highest BCUT2D eigenvalue weighted by molar-refractivity contribution is 7.99. The van der Waals surface area contributed by atoms with Crippen LogP contribution in [0.15, 0.2) is 81.4 Å². The summed E-state index contributed by atoms with van der Waals surface area (Å²) in [7, 11) is 0. The molecule has 1 aromatic carbocycles. The predicted octanol–water partition coefficient (Wildman–Crippen LogP) is 4.43. The largest absolute Gasteiger partial charge is 0.467 e. The van der Waals surface area contributed by atoms with Crippen LogP contribution in [0.3, 0.4) is 0 Å². The van der Waals surface area contributed by atoms with Crippen LogP contribution < -0.4 is 0 Å². The van der Waals surface area contributed by atoms with Gasteiger partial charge in [-0.3, -0.25) is 9.36 Å². The molecule has 0 N–H and O–H groups in total. The minimum atomic E-state index is -0.0663. The maximum Gasteiger partial charge on any atom is 0.233 e. The summed E-state index contributed by atoms with van der Waals surface area (Å²) in [6.07, 6.45) is 4.78. The standard InChI is InChI=1S/C20H17ClN4O3S/c21-15-4-1-5-16(10-15)25-14-22-23-20(25)29-13-19(26)24(11-17-6-2-8-27-17)12-18-7-3-9-28-18/h1-10,14H,11-13H2. The van der Waals surface area contributed by atoms with E-state index in [1.54, 1.807) is 46.5 Å². The van der Waals surface area contributed by atoms with Crippen LogP contribution in [0, 0.1) is 0 Å². The minimum Gasteiger partial charge on any atom is -0.467 e. The number of halogens is 1. The van der Waals surface area contributed by atoms with E-state index in [0.717, 1.165) is 5.69 Å². The van der Waals surface area contributed by atoms with Crippen molar-refractivity contribution in [3.05, 3.63) is 83.9 Å². The maximum absolute atomic E-state index is 12.9. The van der Waals surface area contributed by atoms with Gasteiger partial charge in [0.1, 0.15) is 17.8 Å². The molecule has 0 spiro atoms.